The molecule has 0 amide bonds. The molecule has 58 valence electrons. The molecule has 0 aliphatic carbocycles. The first-order valence-corrected chi connectivity index (χ1v) is 3.68. The third-order valence-corrected chi connectivity index (χ3v) is 1.77. The summed E-state index contributed by atoms with van der Waals surface area (Å²) in [6, 6.07) is -0.0278. The number of carbonyl (C=O) groups is 1. The molecule has 0 aromatic carbocycles. The Kier molecular flexibility index (Phi) is 2.40. The van der Waals surface area contributed by atoms with Crippen LogP contribution in [0.3, 0.4) is 0 Å². The maximum Gasteiger partial charge on any atom is 0.153 e. The van der Waals surface area contributed by atoms with Crippen LogP contribution < -0.4 is 0 Å². The number of carbonyl (C=O) groups excluding carboxylic acids is 1. The van der Waals surface area contributed by atoms with E-state index in [-0.39, 0.29) is 11.8 Å². The zero-order valence-electron chi connectivity index (χ0n) is 6.46. The zero-order valence-corrected chi connectivity index (χ0v) is 6.46. The van der Waals surface area contributed by atoms with Gasteiger partial charge in [-0.05, 0) is 13.8 Å². The van der Waals surface area contributed by atoms with Crippen LogP contribution in [-0.2, 0) is 9.63 Å². The van der Waals surface area contributed by atoms with E-state index in [0.29, 0.717) is 13.0 Å². The van der Waals surface area contributed by atoms with Crippen LogP contribution in [0.25, 0.3) is 0 Å². The van der Waals surface area contributed by atoms with Crippen LogP contribution in [0.1, 0.15) is 20.3 Å². The van der Waals surface area contributed by atoms with Crippen LogP contribution in [0.2, 0.25) is 0 Å². The number of ketones is 1. The summed E-state index contributed by atoms with van der Waals surface area (Å²) in [5.41, 5.74) is 0. The molecule has 0 radical (unpaired) electrons. The molecule has 1 aliphatic heterocycles. The van der Waals surface area contributed by atoms with Crippen LogP contribution in [0.4, 0.5) is 0 Å². The minimum absolute atomic E-state index is 0.0278. The Bertz CT molecular complexity index is 136. The lowest BCUT2D eigenvalue weighted by atomic mass is 10.2. The minimum Gasteiger partial charge on any atom is -0.299 e. The molecule has 3 heteroatoms. The van der Waals surface area contributed by atoms with Gasteiger partial charge in [-0.2, -0.15) is 5.06 Å². The van der Waals surface area contributed by atoms with Gasteiger partial charge in [0.2, 0.25) is 0 Å². The van der Waals surface area contributed by atoms with Crippen molar-refractivity contribution in [2.45, 2.75) is 26.3 Å². The molecule has 0 aromatic rings. The minimum atomic E-state index is -0.0278. The first-order valence-electron chi connectivity index (χ1n) is 3.68. The van der Waals surface area contributed by atoms with Gasteiger partial charge in [0.15, 0.2) is 5.78 Å². The van der Waals surface area contributed by atoms with Gasteiger partial charge in [-0.15, -0.1) is 0 Å². The molecule has 3 nitrogen and oxygen atoms in total. The second kappa shape index (κ2) is 3.12. The number of hydrogen-bond acceptors (Lipinski definition) is 3. The Labute approximate surface area is 60.9 Å². The normalized spacial score (nSPS) is 27.8. The van der Waals surface area contributed by atoms with Crippen LogP contribution in [0, 0.1) is 0 Å². The summed E-state index contributed by atoms with van der Waals surface area (Å²) in [7, 11) is 0. The summed E-state index contributed by atoms with van der Waals surface area (Å²) in [4.78, 5) is 16.1. The first-order chi connectivity index (χ1) is 4.75. The largest absolute Gasteiger partial charge is 0.299 e. The third kappa shape index (κ3) is 1.36. The zero-order chi connectivity index (χ0) is 7.56. The van der Waals surface area contributed by atoms with Crippen molar-refractivity contribution in [3.8, 4) is 0 Å². The number of hydrogen-bond donors (Lipinski definition) is 0. The van der Waals surface area contributed by atoms with E-state index >= 15 is 0 Å². The predicted octanol–water partition coefficient (Wildman–Crippen LogP) is 0.601. The molecule has 0 saturated carbocycles. The van der Waals surface area contributed by atoms with Gasteiger partial charge in [-0.25, -0.2) is 0 Å². The third-order valence-electron chi connectivity index (χ3n) is 1.77. The molecule has 0 bridgehead atoms. The van der Waals surface area contributed by atoms with E-state index in [1.54, 1.807) is 5.06 Å². The Morgan fingerprint density at radius 3 is 2.90 bits per heavy atom. The quantitative estimate of drug-likeness (QED) is 0.567. The molecule has 1 rings (SSSR count). The highest BCUT2D eigenvalue weighted by Gasteiger charge is 2.28. The first kappa shape index (κ1) is 7.69. The molecule has 10 heavy (non-hydrogen) atoms. The molecule has 1 fully saturated rings. The van der Waals surface area contributed by atoms with Crippen molar-refractivity contribution in [2.24, 2.45) is 0 Å². The second-order valence-electron chi connectivity index (χ2n) is 2.45. The van der Waals surface area contributed by atoms with E-state index < -0.39 is 0 Å². The molecule has 1 heterocycles. The monoisotopic (exact) mass is 143 g/mol. The van der Waals surface area contributed by atoms with E-state index in [0.717, 1.165) is 6.54 Å². The SMILES string of the molecule is CCON1CCC(=O)C1C. The molecular formula is C7H13NO2. The van der Waals surface area contributed by atoms with Gasteiger partial charge < -0.3 is 0 Å². The lowest BCUT2D eigenvalue weighted by molar-refractivity contribution is -0.164. The predicted molar refractivity (Wildman–Crippen MR) is 37.4 cm³/mol. The van der Waals surface area contributed by atoms with Gasteiger partial charge in [0.05, 0.1) is 12.6 Å². The summed E-state index contributed by atoms with van der Waals surface area (Å²) in [5.74, 6) is 0.286. The molecule has 0 spiro atoms. The van der Waals surface area contributed by atoms with Gasteiger partial charge >= 0.3 is 0 Å². The number of hydroxylamine groups is 2. The fourth-order valence-corrected chi connectivity index (χ4v) is 1.13. The molecule has 1 aliphatic rings. The number of rotatable bonds is 2. The highest BCUT2D eigenvalue weighted by molar-refractivity contribution is 5.85. The summed E-state index contributed by atoms with van der Waals surface area (Å²) in [6.07, 6.45) is 0.640. The fourth-order valence-electron chi connectivity index (χ4n) is 1.13. The fraction of sp³-hybridized carbons (Fsp3) is 0.857. The summed E-state index contributed by atoms with van der Waals surface area (Å²) < 4.78 is 0. The van der Waals surface area contributed by atoms with Crippen LogP contribution in [0.15, 0.2) is 0 Å². The average molecular weight is 143 g/mol. The Morgan fingerprint density at radius 1 is 1.80 bits per heavy atom. The molecular weight excluding hydrogens is 130 g/mol. The number of Topliss-reactive ketones (excluding diaryl/α,β-unsaturated/α-hetero) is 1. The molecule has 0 aromatic heterocycles. The van der Waals surface area contributed by atoms with Crippen molar-refractivity contribution in [3.63, 3.8) is 0 Å². The Balaban J connectivity index is 2.41. The molecule has 1 saturated heterocycles. The van der Waals surface area contributed by atoms with Crippen LogP contribution >= 0.6 is 0 Å². The smallest absolute Gasteiger partial charge is 0.153 e. The van der Waals surface area contributed by atoms with E-state index in [9.17, 15) is 4.79 Å². The lowest BCUT2D eigenvalue weighted by Gasteiger charge is -2.17. The van der Waals surface area contributed by atoms with Crippen LogP contribution in [0.5, 0.6) is 0 Å². The van der Waals surface area contributed by atoms with Crippen molar-refractivity contribution in [3.05, 3.63) is 0 Å². The van der Waals surface area contributed by atoms with Gasteiger partial charge in [0.25, 0.3) is 0 Å². The highest BCUT2D eigenvalue weighted by atomic mass is 16.7. The standard InChI is InChI=1S/C7H13NO2/c1-3-10-8-5-4-7(9)6(8)2/h6H,3-5H2,1-2H3. The molecule has 1 unspecified atom stereocenters. The second-order valence-corrected chi connectivity index (χ2v) is 2.45. The van der Waals surface area contributed by atoms with Gasteiger partial charge in [0, 0.05) is 13.0 Å². The van der Waals surface area contributed by atoms with E-state index in [2.05, 4.69) is 0 Å². The highest BCUT2D eigenvalue weighted by Crippen LogP contribution is 2.12. The summed E-state index contributed by atoms with van der Waals surface area (Å²) in [6.45, 7) is 5.21. The maximum atomic E-state index is 10.9. The van der Waals surface area contributed by atoms with Crippen molar-refractivity contribution in [2.75, 3.05) is 13.2 Å². The van der Waals surface area contributed by atoms with Crippen LogP contribution in [-0.4, -0.2) is 30.0 Å². The average Bonchev–Trinajstić information content (AvgIpc) is 2.20. The topological polar surface area (TPSA) is 29.5 Å². The van der Waals surface area contributed by atoms with Crippen molar-refractivity contribution in [1.29, 1.82) is 0 Å². The van der Waals surface area contributed by atoms with Gasteiger partial charge in [-0.3, -0.25) is 9.63 Å². The Morgan fingerprint density at radius 2 is 2.50 bits per heavy atom. The summed E-state index contributed by atoms with van der Waals surface area (Å²) in [5, 5.41) is 1.75. The lowest BCUT2D eigenvalue weighted by Crippen LogP contribution is -2.30. The van der Waals surface area contributed by atoms with E-state index in [1.807, 2.05) is 13.8 Å². The van der Waals surface area contributed by atoms with Crippen molar-refractivity contribution >= 4 is 5.78 Å². The van der Waals surface area contributed by atoms with Gasteiger partial charge in [0.1, 0.15) is 0 Å². The van der Waals surface area contributed by atoms with Gasteiger partial charge in [-0.1, -0.05) is 0 Å². The van der Waals surface area contributed by atoms with Crippen molar-refractivity contribution in [1.82, 2.24) is 5.06 Å². The van der Waals surface area contributed by atoms with Crippen molar-refractivity contribution < 1.29 is 9.63 Å². The maximum absolute atomic E-state index is 10.9. The molecule has 1 atom stereocenters. The number of nitrogens with zero attached hydrogens (tertiary/aromatic N) is 1. The van der Waals surface area contributed by atoms with E-state index in [4.69, 9.17) is 4.84 Å². The Hall–Kier alpha value is -0.410. The van der Waals surface area contributed by atoms with E-state index in [1.165, 1.54) is 0 Å². The molecule has 0 N–H and O–H groups in total. The summed E-state index contributed by atoms with van der Waals surface area (Å²) >= 11 is 0.